The van der Waals surface area contributed by atoms with E-state index < -0.39 is 0 Å². The van der Waals surface area contributed by atoms with Crippen LogP contribution < -0.4 is 15.5 Å². The number of hydrogen-bond acceptors (Lipinski definition) is 4. The number of nitrogens with zero attached hydrogens (tertiary/aromatic N) is 4. The number of amides is 3. The van der Waals surface area contributed by atoms with Crippen LogP contribution in [0, 0.1) is 0 Å². The van der Waals surface area contributed by atoms with E-state index in [1.807, 2.05) is 85.1 Å². The minimum Gasteiger partial charge on any atom is -0.328 e. The van der Waals surface area contributed by atoms with Gasteiger partial charge in [-0.15, -0.1) is 10.2 Å². The molecule has 1 atom stereocenters. The second-order valence-corrected chi connectivity index (χ2v) is 7.65. The van der Waals surface area contributed by atoms with Gasteiger partial charge in [-0.3, -0.25) is 9.20 Å². The zero-order valence-corrected chi connectivity index (χ0v) is 18.6. The van der Waals surface area contributed by atoms with E-state index >= 15 is 0 Å². The van der Waals surface area contributed by atoms with E-state index in [0.717, 1.165) is 16.9 Å². The van der Waals surface area contributed by atoms with Crippen molar-refractivity contribution in [3.63, 3.8) is 0 Å². The van der Waals surface area contributed by atoms with E-state index in [4.69, 9.17) is 0 Å². The first-order valence-electron chi connectivity index (χ1n) is 10.9. The third kappa shape index (κ3) is 5.17. The van der Waals surface area contributed by atoms with Crippen molar-refractivity contribution in [3.8, 4) is 0 Å². The van der Waals surface area contributed by atoms with E-state index in [2.05, 4.69) is 20.8 Å². The van der Waals surface area contributed by atoms with Crippen LogP contribution in [-0.2, 0) is 11.2 Å². The fraction of sp³-hybridized carbons (Fsp3) is 0.200. The van der Waals surface area contributed by atoms with Crippen molar-refractivity contribution in [2.45, 2.75) is 26.3 Å². The van der Waals surface area contributed by atoms with Crippen molar-refractivity contribution in [3.05, 3.63) is 90.4 Å². The summed E-state index contributed by atoms with van der Waals surface area (Å²) in [5.74, 6) is 0.671. The summed E-state index contributed by atoms with van der Waals surface area (Å²) in [6.07, 6.45) is 2.14. The molecule has 0 spiro atoms. The molecule has 1 unspecified atom stereocenters. The lowest BCUT2D eigenvalue weighted by Gasteiger charge is -2.21. The van der Waals surface area contributed by atoms with Gasteiger partial charge in [0.05, 0.1) is 12.5 Å². The molecule has 0 radical (unpaired) electrons. The average Bonchev–Trinajstić information content (AvgIpc) is 3.26. The molecule has 2 aromatic carbocycles. The number of nitrogens with one attached hydrogen (secondary N) is 2. The zero-order valence-electron chi connectivity index (χ0n) is 18.6. The van der Waals surface area contributed by atoms with Gasteiger partial charge < -0.3 is 15.5 Å². The number of aromatic nitrogens is 3. The molecule has 0 fully saturated rings. The van der Waals surface area contributed by atoms with Crippen LogP contribution >= 0.6 is 0 Å². The van der Waals surface area contributed by atoms with Crippen molar-refractivity contribution in [1.29, 1.82) is 0 Å². The molecule has 2 N–H and O–H groups in total. The highest BCUT2D eigenvalue weighted by Crippen LogP contribution is 2.17. The summed E-state index contributed by atoms with van der Waals surface area (Å²) in [5.41, 5.74) is 3.12. The lowest BCUT2D eigenvalue weighted by atomic mass is 10.1. The van der Waals surface area contributed by atoms with Crippen LogP contribution in [0.3, 0.4) is 0 Å². The number of likely N-dealkylation sites (N-methyl/N-ethyl adjacent to an activating group) is 1. The highest BCUT2D eigenvalue weighted by atomic mass is 16.2. The summed E-state index contributed by atoms with van der Waals surface area (Å²) in [4.78, 5) is 27.0. The SMILES string of the molecule is CCN(C(=O)Cc1ccc(NC(=O)NC(C)c2nnc3ccccn23)cc1)c1ccccc1. The van der Waals surface area contributed by atoms with Crippen LogP contribution in [0.5, 0.6) is 0 Å². The van der Waals surface area contributed by atoms with Gasteiger partial charge in [0.15, 0.2) is 11.5 Å². The van der Waals surface area contributed by atoms with Gasteiger partial charge in [0, 0.05) is 24.1 Å². The summed E-state index contributed by atoms with van der Waals surface area (Å²) in [6.45, 7) is 4.41. The molecular formula is C25H26N6O2. The van der Waals surface area contributed by atoms with Gasteiger partial charge in [-0.25, -0.2) is 4.79 Å². The molecule has 3 amide bonds. The van der Waals surface area contributed by atoms with E-state index in [0.29, 0.717) is 18.1 Å². The van der Waals surface area contributed by atoms with Gasteiger partial charge in [0.2, 0.25) is 5.91 Å². The Morgan fingerprint density at radius 3 is 2.42 bits per heavy atom. The predicted octanol–water partition coefficient (Wildman–Crippen LogP) is 4.21. The molecule has 8 heteroatoms. The molecular weight excluding hydrogens is 416 g/mol. The average molecular weight is 443 g/mol. The molecule has 4 rings (SSSR count). The number of anilines is 2. The Bertz CT molecular complexity index is 1240. The highest BCUT2D eigenvalue weighted by molar-refractivity contribution is 5.95. The smallest absolute Gasteiger partial charge is 0.319 e. The fourth-order valence-corrected chi connectivity index (χ4v) is 3.67. The van der Waals surface area contributed by atoms with Gasteiger partial charge in [0.25, 0.3) is 0 Å². The second kappa shape index (κ2) is 9.95. The summed E-state index contributed by atoms with van der Waals surface area (Å²) in [5, 5.41) is 14.0. The summed E-state index contributed by atoms with van der Waals surface area (Å²) < 4.78 is 1.84. The zero-order chi connectivity index (χ0) is 23.2. The van der Waals surface area contributed by atoms with Crippen molar-refractivity contribution in [2.75, 3.05) is 16.8 Å². The van der Waals surface area contributed by atoms with Crippen LogP contribution in [0.15, 0.2) is 79.0 Å². The molecule has 8 nitrogen and oxygen atoms in total. The van der Waals surface area contributed by atoms with Crippen LogP contribution in [0.2, 0.25) is 0 Å². The lowest BCUT2D eigenvalue weighted by Crippen LogP contribution is -2.32. The minimum absolute atomic E-state index is 0.0245. The largest absolute Gasteiger partial charge is 0.328 e. The van der Waals surface area contributed by atoms with Gasteiger partial charge in [-0.2, -0.15) is 0 Å². The molecule has 2 heterocycles. The predicted molar refractivity (Wildman–Crippen MR) is 128 cm³/mol. The Labute approximate surface area is 192 Å². The van der Waals surface area contributed by atoms with Gasteiger partial charge in [-0.1, -0.05) is 36.4 Å². The third-order valence-electron chi connectivity index (χ3n) is 5.33. The molecule has 2 aromatic heterocycles. The standard InChI is InChI=1S/C25H26N6O2/c1-3-30(21-9-5-4-6-10-21)23(32)17-19-12-14-20(15-13-19)27-25(33)26-18(2)24-29-28-22-11-7-8-16-31(22)24/h4-16,18H,3,17H2,1-2H3,(H2,26,27,33). The van der Waals surface area contributed by atoms with Gasteiger partial charge >= 0.3 is 6.03 Å². The molecule has 0 aliphatic carbocycles. The van der Waals surface area contributed by atoms with E-state index in [1.165, 1.54) is 0 Å². The number of hydrogen-bond donors (Lipinski definition) is 2. The Balaban J connectivity index is 1.34. The Hall–Kier alpha value is -4.20. The number of urea groups is 1. The topological polar surface area (TPSA) is 91.6 Å². The van der Waals surface area contributed by atoms with Crippen molar-refractivity contribution >= 4 is 29.0 Å². The first-order valence-corrected chi connectivity index (χ1v) is 10.9. The number of para-hydroxylation sites is 1. The molecule has 0 aliphatic rings. The van der Waals surface area contributed by atoms with Crippen LogP contribution in [0.4, 0.5) is 16.2 Å². The first-order chi connectivity index (χ1) is 16.0. The van der Waals surface area contributed by atoms with Crippen LogP contribution in [0.25, 0.3) is 5.65 Å². The molecule has 33 heavy (non-hydrogen) atoms. The number of rotatable bonds is 7. The van der Waals surface area contributed by atoms with Gasteiger partial charge in [0.1, 0.15) is 0 Å². The molecule has 168 valence electrons. The first kappa shape index (κ1) is 22.0. The molecule has 0 bridgehead atoms. The number of carbonyl (C=O) groups excluding carboxylic acids is 2. The minimum atomic E-state index is -0.347. The number of fused-ring (bicyclic) bond motifs is 1. The maximum absolute atomic E-state index is 12.8. The molecule has 0 saturated heterocycles. The summed E-state index contributed by atoms with van der Waals surface area (Å²) >= 11 is 0. The van der Waals surface area contributed by atoms with Gasteiger partial charge in [-0.05, 0) is 55.8 Å². The normalized spacial score (nSPS) is 11.7. The maximum atomic E-state index is 12.8. The van der Waals surface area contributed by atoms with Crippen LogP contribution in [0.1, 0.15) is 31.3 Å². The van der Waals surface area contributed by atoms with Crippen LogP contribution in [-0.4, -0.2) is 33.1 Å². The Morgan fingerprint density at radius 1 is 0.970 bits per heavy atom. The fourth-order valence-electron chi connectivity index (χ4n) is 3.67. The van der Waals surface area contributed by atoms with Crippen molar-refractivity contribution in [1.82, 2.24) is 19.9 Å². The Morgan fingerprint density at radius 2 is 1.70 bits per heavy atom. The molecule has 0 aliphatic heterocycles. The summed E-state index contributed by atoms with van der Waals surface area (Å²) in [6, 6.07) is 21.8. The third-order valence-corrected chi connectivity index (χ3v) is 5.33. The monoisotopic (exact) mass is 442 g/mol. The number of benzene rings is 2. The van der Waals surface area contributed by atoms with Crippen molar-refractivity contribution in [2.24, 2.45) is 0 Å². The quantitative estimate of drug-likeness (QED) is 0.449. The van der Waals surface area contributed by atoms with E-state index in [9.17, 15) is 9.59 Å². The highest BCUT2D eigenvalue weighted by Gasteiger charge is 2.16. The molecule has 0 saturated carbocycles. The Kier molecular flexibility index (Phi) is 6.64. The van der Waals surface area contributed by atoms with E-state index in [-0.39, 0.29) is 24.4 Å². The maximum Gasteiger partial charge on any atom is 0.319 e. The van der Waals surface area contributed by atoms with E-state index in [1.54, 1.807) is 17.0 Å². The number of pyridine rings is 1. The lowest BCUT2D eigenvalue weighted by molar-refractivity contribution is -0.117. The van der Waals surface area contributed by atoms with Crippen molar-refractivity contribution < 1.29 is 9.59 Å². The number of carbonyl (C=O) groups is 2. The summed E-state index contributed by atoms with van der Waals surface area (Å²) in [7, 11) is 0. The molecule has 4 aromatic rings. The second-order valence-electron chi connectivity index (χ2n) is 7.65.